The highest BCUT2D eigenvalue weighted by atomic mass is 32.2. The van der Waals surface area contributed by atoms with Crippen LogP contribution in [0.25, 0.3) is 0 Å². The first-order valence-corrected chi connectivity index (χ1v) is 9.17. The van der Waals surface area contributed by atoms with Crippen molar-refractivity contribution in [3.05, 3.63) is 36.9 Å². The molecule has 0 spiro atoms. The molecular weight excluding hydrogens is 308 g/mol. The molecule has 1 aromatic rings. The average Bonchev–Trinajstić information content (AvgIpc) is 2.56. The Bertz CT molecular complexity index is 513. The Morgan fingerprint density at radius 1 is 1.39 bits per heavy atom. The van der Waals surface area contributed by atoms with Gasteiger partial charge in [-0.3, -0.25) is 9.69 Å². The van der Waals surface area contributed by atoms with Crippen LogP contribution >= 0.6 is 11.8 Å². The summed E-state index contributed by atoms with van der Waals surface area (Å²) in [5.74, 6) is 1.47. The second-order valence-corrected chi connectivity index (χ2v) is 6.94. The zero-order valence-electron chi connectivity index (χ0n) is 13.5. The summed E-state index contributed by atoms with van der Waals surface area (Å²) in [6.45, 7) is 6.31. The molecule has 1 aliphatic heterocycles. The second kappa shape index (κ2) is 9.75. The third-order valence-electron chi connectivity index (χ3n) is 4.13. The molecule has 0 saturated carbocycles. The van der Waals surface area contributed by atoms with Gasteiger partial charge in [0.15, 0.2) is 0 Å². The number of para-hydroxylation sites is 1. The van der Waals surface area contributed by atoms with E-state index in [0.29, 0.717) is 12.5 Å². The summed E-state index contributed by atoms with van der Waals surface area (Å²) in [6, 6.07) is 7.88. The monoisotopic (exact) mass is 334 g/mol. The normalized spacial score (nSPS) is 16.2. The van der Waals surface area contributed by atoms with E-state index in [1.807, 2.05) is 30.3 Å². The van der Waals surface area contributed by atoms with E-state index >= 15 is 0 Å². The first kappa shape index (κ1) is 18.0. The molecule has 0 unspecified atom stereocenters. The maximum absolute atomic E-state index is 12.3. The number of amides is 1. The topological polar surface area (TPSA) is 52.6 Å². The van der Waals surface area contributed by atoms with Gasteiger partial charge in [-0.15, -0.1) is 18.3 Å². The van der Waals surface area contributed by atoms with Crippen LogP contribution in [0.5, 0.6) is 0 Å². The van der Waals surface area contributed by atoms with Gasteiger partial charge in [-0.2, -0.15) is 0 Å². The third kappa shape index (κ3) is 6.01. The summed E-state index contributed by atoms with van der Waals surface area (Å²) in [7, 11) is 0. The predicted octanol–water partition coefficient (Wildman–Crippen LogP) is 3.00. The zero-order valence-corrected chi connectivity index (χ0v) is 14.4. The van der Waals surface area contributed by atoms with Crippen LogP contribution in [0.4, 0.5) is 5.69 Å². The number of nitrogens with zero attached hydrogens (tertiary/aromatic N) is 1. The average molecular weight is 334 g/mol. The number of rotatable bonds is 8. The first-order chi connectivity index (χ1) is 11.2. The van der Waals surface area contributed by atoms with E-state index in [9.17, 15) is 4.79 Å². The smallest absolute Gasteiger partial charge is 0.238 e. The zero-order chi connectivity index (χ0) is 16.5. The maximum Gasteiger partial charge on any atom is 0.238 e. The lowest BCUT2D eigenvalue weighted by molar-refractivity contribution is -0.117. The Labute approximate surface area is 143 Å². The Balaban J connectivity index is 1.82. The van der Waals surface area contributed by atoms with E-state index in [2.05, 4.69) is 16.8 Å². The van der Waals surface area contributed by atoms with Gasteiger partial charge in [-0.25, -0.2) is 0 Å². The van der Waals surface area contributed by atoms with Crippen molar-refractivity contribution in [1.29, 1.82) is 0 Å². The van der Waals surface area contributed by atoms with Gasteiger partial charge in [-0.1, -0.05) is 18.2 Å². The molecule has 2 rings (SSSR count). The number of carbonyl (C=O) groups excluding carboxylic acids is 1. The number of nitrogens with one attached hydrogen (secondary N) is 1. The molecule has 23 heavy (non-hydrogen) atoms. The van der Waals surface area contributed by atoms with Gasteiger partial charge in [0.2, 0.25) is 5.91 Å². The molecule has 0 radical (unpaired) electrons. The van der Waals surface area contributed by atoms with Crippen LogP contribution in [0, 0.1) is 5.92 Å². The van der Waals surface area contributed by atoms with E-state index in [0.717, 1.165) is 48.7 Å². The van der Waals surface area contributed by atoms with E-state index in [4.69, 9.17) is 5.11 Å². The minimum absolute atomic E-state index is 0.0391. The van der Waals surface area contributed by atoms with Crippen molar-refractivity contribution in [3.8, 4) is 0 Å². The fraction of sp³-hybridized carbons (Fsp3) is 0.500. The molecule has 0 bridgehead atoms. The number of benzene rings is 1. The lowest BCUT2D eigenvalue weighted by Gasteiger charge is -2.31. The maximum atomic E-state index is 12.3. The number of hydrogen-bond donors (Lipinski definition) is 2. The predicted molar refractivity (Wildman–Crippen MR) is 96.9 cm³/mol. The van der Waals surface area contributed by atoms with Crippen molar-refractivity contribution in [3.63, 3.8) is 0 Å². The summed E-state index contributed by atoms with van der Waals surface area (Å²) in [5.41, 5.74) is 0.875. The fourth-order valence-electron chi connectivity index (χ4n) is 2.85. The lowest BCUT2D eigenvalue weighted by Crippen LogP contribution is -2.39. The number of likely N-dealkylation sites (tertiary alicyclic amines) is 1. The summed E-state index contributed by atoms with van der Waals surface area (Å²) in [4.78, 5) is 15.6. The molecule has 4 nitrogen and oxygen atoms in total. The number of hydrogen-bond acceptors (Lipinski definition) is 4. The van der Waals surface area contributed by atoms with Crippen LogP contribution in [-0.2, 0) is 4.79 Å². The van der Waals surface area contributed by atoms with E-state index in [1.165, 1.54) is 0 Å². The minimum atomic E-state index is 0.0391. The van der Waals surface area contributed by atoms with Crippen LogP contribution in [0.15, 0.2) is 41.8 Å². The Morgan fingerprint density at radius 3 is 2.83 bits per heavy atom. The number of aliphatic hydroxyl groups is 1. The van der Waals surface area contributed by atoms with Crippen molar-refractivity contribution in [2.24, 2.45) is 5.92 Å². The molecule has 126 valence electrons. The van der Waals surface area contributed by atoms with Gasteiger partial charge in [0.25, 0.3) is 0 Å². The summed E-state index contributed by atoms with van der Waals surface area (Å²) >= 11 is 1.67. The second-order valence-electron chi connectivity index (χ2n) is 5.88. The lowest BCUT2D eigenvalue weighted by atomic mass is 9.94. The Hall–Kier alpha value is -1.30. The highest BCUT2D eigenvalue weighted by Gasteiger charge is 2.20. The summed E-state index contributed by atoms with van der Waals surface area (Å²) < 4.78 is 0. The number of piperidine rings is 1. The number of thioether (sulfide) groups is 1. The van der Waals surface area contributed by atoms with Crippen LogP contribution in [-0.4, -0.2) is 47.9 Å². The third-order valence-corrected chi connectivity index (χ3v) is 5.20. The Morgan fingerprint density at radius 2 is 2.13 bits per heavy atom. The van der Waals surface area contributed by atoms with Gasteiger partial charge in [-0.05, 0) is 50.4 Å². The molecule has 1 aromatic carbocycles. The molecule has 1 aliphatic rings. The van der Waals surface area contributed by atoms with Crippen molar-refractivity contribution >= 4 is 23.4 Å². The SMILES string of the molecule is C=CCSc1ccccc1NC(=O)CN1CCC(CCO)CC1. The van der Waals surface area contributed by atoms with Gasteiger partial charge < -0.3 is 10.4 Å². The number of anilines is 1. The first-order valence-electron chi connectivity index (χ1n) is 8.18. The van der Waals surface area contributed by atoms with E-state index < -0.39 is 0 Å². The van der Waals surface area contributed by atoms with E-state index in [-0.39, 0.29) is 12.5 Å². The van der Waals surface area contributed by atoms with Crippen molar-refractivity contribution < 1.29 is 9.90 Å². The number of aliphatic hydroxyl groups excluding tert-OH is 1. The molecule has 0 aromatic heterocycles. The summed E-state index contributed by atoms with van der Waals surface area (Å²) in [5, 5.41) is 12.0. The van der Waals surface area contributed by atoms with Crippen LogP contribution in [0.1, 0.15) is 19.3 Å². The molecule has 0 atom stereocenters. The molecule has 1 saturated heterocycles. The van der Waals surface area contributed by atoms with E-state index in [1.54, 1.807) is 11.8 Å². The van der Waals surface area contributed by atoms with Gasteiger partial charge in [0.1, 0.15) is 0 Å². The molecule has 1 fully saturated rings. The van der Waals surface area contributed by atoms with Gasteiger partial charge >= 0.3 is 0 Å². The van der Waals surface area contributed by atoms with Crippen molar-refractivity contribution in [2.75, 3.05) is 37.3 Å². The molecule has 1 heterocycles. The highest BCUT2D eigenvalue weighted by Crippen LogP contribution is 2.27. The van der Waals surface area contributed by atoms with Crippen molar-refractivity contribution in [2.45, 2.75) is 24.2 Å². The molecule has 1 amide bonds. The largest absolute Gasteiger partial charge is 0.396 e. The quantitative estimate of drug-likeness (QED) is 0.567. The van der Waals surface area contributed by atoms with Gasteiger partial charge in [0, 0.05) is 17.3 Å². The van der Waals surface area contributed by atoms with Gasteiger partial charge in [0.05, 0.1) is 12.2 Å². The molecular formula is C18H26N2O2S. The molecule has 2 N–H and O–H groups in total. The molecule has 0 aliphatic carbocycles. The minimum Gasteiger partial charge on any atom is -0.396 e. The standard InChI is InChI=1S/C18H26N2O2S/c1-2-13-23-17-6-4-3-5-16(17)19-18(22)14-20-10-7-15(8-11-20)9-12-21/h2-6,15,21H,1,7-14H2,(H,19,22). The van der Waals surface area contributed by atoms with Crippen LogP contribution in [0.2, 0.25) is 0 Å². The highest BCUT2D eigenvalue weighted by molar-refractivity contribution is 7.99. The fourth-order valence-corrected chi connectivity index (χ4v) is 3.60. The Kier molecular flexibility index (Phi) is 7.65. The van der Waals surface area contributed by atoms with Crippen LogP contribution < -0.4 is 5.32 Å². The van der Waals surface area contributed by atoms with Crippen LogP contribution in [0.3, 0.4) is 0 Å². The molecule has 5 heteroatoms. The van der Waals surface area contributed by atoms with Crippen molar-refractivity contribution in [1.82, 2.24) is 4.90 Å². The number of carbonyl (C=O) groups is 1. The summed E-state index contributed by atoms with van der Waals surface area (Å²) in [6.07, 6.45) is 4.88.